The van der Waals surface area contributed by atoms with E-state index in [2.05, 4.69) is 10.3 Å². The molecule has 190 valence electrons. The van der Waals surface area contributed by atoms with Gasteiger partial charge in [0.25, 0.3) is 0 Å². The van der Waals surface area contributed by atoms with E-state index < -0.39 is 17.3 Å². The number of ether oxygens (including phenoxy) is 2. The van der Waals surface area contributed by atoms with E-state index in [1.165, 1.54) is 11.3 Å². The number of hydrogen-bond donors (Lipinski definition) is 2. The Kier molecular flexibility index (Phi) is 9.25. The van der Waals surface area contributed by atoms with Crippen LogP contribution in [0.5, 0.6) is 0 Å². The fraction of sp³-hybridized carbons (Fsp3) is 0.321. The van der Waals surface area contributed by atoms with Crippen molar-refractivity contribution in [3.05, 3.63) is 94.1 Å². The highest BCUT2D eigenvalue weighted by Crippen LogP contribution is 2.51. The average Bonchev–Trinajstić information content (AvgIpc) is 3.40. The van der Waals surface area contributed by atoms with Gasteiger partial charge >= 0.3 is 11.9 Å². The molecule has 2 aromatic carbocycles. The second kappa shape index (κ2) is 12.4. The van der Waals surface area contributed by atoms with E-state index in [0.717, 1.165) is 11.3 Å². The molecule has 0 bridgehead atoms. The SMILES string of the molecule is CCOC(=O)C1=C(C)NC(C)C(C(=O)OCC)(c2ccccc2)C1c1nccs1.Nc1ccccc1. The van der Waals surface area contributed by atoms with Crippen molar-refractivity contribution in [1.82, 2.24) is 10.3 Å². The minimum Gasteiger partial charge on any atom is -0.465 e. The first-order valence-electron chi connectivity index (χ1n) is 11.9. The predicted molar refractivity (Wildman–Crippen MR) is 142 cm³/mol. The number of nitrogens with zero attached hydrogens (tertiary/aromatic N) is 1. The van der Waals surface area contributed by atoms with E-state index in [1.54, 1.807) is 20.0 Å². The van der Waals surface area contributed by atoms with Crippen molar-refractivity contribution >= 4 is 29.0 Å². The van der Waals surface area contributed by atoms with Crippen molar-refractivity contribution in [2.45, 2.75) is 45.1 Å². The Morgan fingerprint density at radius 2 is 1.64 bits per heavy atom. The maximum atomic E-state index is 13.6. The maximum Gasteiger partial charge on any atom is 0.336 e. The molecule has 3 unspecified atom stereocenters. The summed E-state index contributed by atoms with van der Waals surface area (Å²) in [6.45, 7) is 7.80. The van der Waals surface area contributed by atoms with E-state index in [9.17, 15) is 9.59 Å². The van der Waals surface area contributed by atoms with Crippen molar-refractivity contribution in [3.8, 4) is 0 Å². The molecule has 3 N–H and O–H groups in total. The zero-order valence-electron chi connectivity index (χ0n) is 21.1. The number of nitrogens with one attached hydrogen (secondary N) is 1. The molecule has 7 nitrogen and oxygen atoms in total. The fourth-order valence-electron chi connectivity index (χ4n) is 4.63. The molecule has 3 atom stereocenters. The van der Waals surface area contributed by atoms with Crippen LogP contribution < -0.4 is 11.1 Å². The lowest BCUT2D eigenvalue weighted by Crippen LogP contribution is -2.60. The summed E-state index contributed by atoms with van der Waals surface area (Å²) in [5.41, 5.74) is 6.88. The largest absolute Gasteiger partial charge is 0.465 e. The second-order valence-electron chi connectivity index (χ2n) is 8.29. The third-order valence-electron chi connectivity index (χ3n) is 6.12. The van der Waals surface area contributed by atoms with Gasteiger partial charge in [0.15, 0.2) is 0 Å². The number of allylic oxidation sites excluding steroid dienone is 1. The summed E-state index contributed by atoms with van der Waals surface area (Å²) >= 11 is 1.42. The number of carbonyl (C=O) groups excluding carboxylic acids is 2. The van der Waals surface area contributed by atoms with Crippen LogP contribution >= 0.6 is 11.3 Å². The number of aromatic nitrogens is 1. The Hall–Kier alpha value is -3.65. The third-order valence-corrected chi connectivity index (χ3v) is 6.96. The van der Waals surface area contributed by atoms with Gasteiger partial charge in [0.2, 0.25) is 0 Å². The summed E-state index contributed by atoms with van der Waals surface area (Å²) in [5.74, 6) is -1.46. The standard InChI is InChI=1S/C22H26N2O4S.C6H7N/c1-5-27-20(25)17-14(3)24-15(4)22(21(26)28-6-2,16-10-8-7-9-11-16)18(17)19-23-12-13-29-19;7-6-4-2-1-3-5-6/h7-13,15,18,24H,5-6H2,1-4H3;1-5H,7H2. The molecular weight excluding hydrogens is 474 g/mol. The summed E-state index contributed by atoms with van der Waals surface area (Å²) < 4.78 is 11.0. The lowest BCUT2D eigenvalue weighted by atomic mass is 9.61. The molecule has 8 heteroatoms. The Balaban J connectivity index is 0.000000444. The van der Waals surface area contributed by atoms with Crippen LogP contribution in [0.2, 0.25) is 0 Å². The van der Waals surface area contributed by atoms with Crippen molar-refractivity contribution in [2.75, 3.05) is 18.9 Å². The van der Waals surface area contributed by atoms with Gasteiger partial charge in [0, 0.05) is 29.0 Å². The van der Waals surface area contributed by atoms with Crippen LogP contribution in [0.4, 0.5) is 5.69 Å². The van der Waals surface area contributed by atoms with Crippen LogP contribution in [0.25, 0.3) is 0 Å². The number of rotatable bonds is 6. The summed E-state index contributed by atoms with van der Waals surface area (Å²) in [5, 5.41) is 5.87. The number of thiazole rings is 1. The monoisotopic (exact) mass is 507 g/mol. The molecule has 0 radical (unpaired) electrons. The van der Waals surface area contributed by atoms with Gasteiger partial charge in [-0.05, 0) is 45.4 Å². The zero-order valence-corrected chi connectivity index (χ0v) is 21.9. The number of para-hydroxylation sites is 1. The van der Waals surface area contributed by atoms with Crippen molar-refractivity contribution in [2.24, 2.45) is 0 Å². The van der Waals surface area contributed by atoms with Gasteiger partial charge in [0.1, 0.15) is 10.4 Å². The van der Waals surface area contributed by atoms with E-state index >= 15 is 0 Å². The van der Waals surface area contributed by atoms with Crippen LogP contribution in [-0.2, 0) is 24.5 Å². The Labute approximate surface area is 216 Å². The minimum atomic E-state index is -1.17. The Bertz CT molecular complexity index is 1170. The predicted octanol–water partition coefficient (Wildman–Crippen LogP) is 4.83. The fourth-order valence-corrected chi connectivity index (χ4v) is 5.45. The highest BCUT2D eigenvalue weighted by molar-refractivity contribution is 7.09. The van der Waals surface area contributed by atoms with Gasteiger partial charge in [-0.25, -0.2) is 9.78 Å². The van der Waals surface area contributed by atoms with Crippen molar-refractivity contribution in [1.29, 1.82) is 0 Å². The van der Waals surface area contributed by atoms with Crippen molar-refractivity contribution < 1.29 is 19.1 Å². The van der Waals surface area contributed by atoms with Gasteiger partial charge in [-0.2, -0.15) is 0 Å². The molecule has 0 aliphatic carbocycles. The lowest BCUT2D eigenvalue weighted by molar-refractivity contribution is -0.153. The molecule has 1 aliphatic heterocycles. The highest BCUT2D eigenvalue weighted by atomic mass is 32.1. The Morgan fingerprint density at radius 3 is 2.14 bits per heavy atom. The number of nitrogens with two attached hydrogens (primary N) is 1. The van der Waals surface area contributed by atoms with E-state index in [1.807, 2.05) is 79.9 Å². The molecule has 0 saturated carbocycles. The third kappa shape index (κ3) is 5.44. The molecule has 36 heavy (non-hydrogen) atoms. The number of anilines is 1. The topological polar surface area (TPSA) is 104 Å². The summed E-state index contributed by atoms with van der Waals surface area (Å²) in [4.78, 5) is 31.1. The molecule has 0 amide bonds. The molecule has 4 rings (SSSR count). The molecule has 1 aromatic heterocycles. The van der Waals surface area contributed by atoms with Crippen LogP contribution in [0.3, 0.4) is 0 Å². The van der Waals surface area contributed by atoms with Gasteiger partial charge in [0.05, 0.1) is 24.7 Å². The minimum absolute atomic E-state index is 0.238. The normalized spacial score (nSPS) is 21.0. The lowest BCUT2D eigenvalue weighted by Gasteiger charge is -2.47. The number of carbonyl (C=O) groups is 2. The zero-order chi connectivity index (χ0) is 26.1. The van der Waals surface area contributed by atoms with E-state index in [4.69, 9.17) is 15.2 Å². The smallest absolute Gasteiger partial charge is 0.336 e. The molecule has 2 heterocycles. The molecule has 0 fully saturated rings. The van der Waals surface area contributed by atoms with Gasteiger partial charge in [-0.15, -0.1) is 11.3 Å². The summed E-state index contributed by atoms with van der Waals surface area (Å²) in [6.07, 6.45) is 1.69. The van der Waals surface area contributed by atoms with Crippen LogP contribution in [0.1, 0.15) is 44.2 Å². The second-order valence-corrected chi connectivity index (χ2v) is 9.22. The van der Waals surface area contributed by atoms with Crippen molar-refractivity contribution in [3.63, 3.8) is 0 Å². The maximum absolute atomic E-state index is 13.6. The number of nitrogen functional groups attached to an aromatic ring is 1. The summed E-state index contributed by atoms with van der Waals surface area (Å²) in [7, 11) is 0. The first kappa shape index (κ1) is 26.9. The quantitative estimate of drug-likeness (QED) is 0.364. The molecule has 0 saturated heterocycles. The first-order chi connectivity index (χ1) is 17.4. The number of esters is 2. The van der Waals surface area contributed by atoms with Crippen LogP contribution in [0.15, 0.2) is 83.5 Å². The Morgan fingerprint density at radius 1 is 1.03 bits per heavy atom. The van der Waals surface area contributed by atoms with Gasteiger partial charge < -0.3 is 20.5 Å². The average molecular weight is 508 g/mol. The highest BCUT2D eigenvalue weighted by Gasteiger charge is 2.59. The van der Waals surface area contributed by atoms with Crippen LogP contribution in [0, 0.1) is 0 Å². The molecule has 3 aromatic rings. The molecule has 1 aliphatic rings. The van der Waals surface area contributed by atoms with Crippen LogP contribution in [-0.4, -0.2) is 36.2 Å². The first-order valence-corrected chi connectivity index (χ1v) is 12.8. The van der Waals surface area contributed by atoms with E-state index in [-0.39, 0.29) is 25.2 Å². The number of hydrogen-bond acceptors (Lipinski definition) is 8. The van der Waals surface area contributed by atoms with Gasteiger partial charge in [-0.1, -0.05) is 48.5 Å². The van der Waals surface area contributed by atoms with E-state index in [0.29, 0.717) is 16.3 Å². The molecule has 0 spiro atoms. The summed E-state index contributed by atoms with van der Waals surface area (Å²) in [6, 6.07) is 18.6. The number of benzene rings is 2. The van der Waals surface area contributed by atoms with Gasteiger partial charge in [-0.3, -0.25) is 4.79 Å². The molecular formula is C28H33N3O4S.